The van der Waals surface area contributed by atoms with Crippen molar-refractivity contribution < 1.29 is 14.0 Å². The van der Waals surface area contributed by atoms with Crippen molar-refractivity contribution in [2.75, 3.05) is 19.6 Å². The Morgan fingerprint density at radius 2 is 1.88 bits per heavy atom. The number of hydrogen-bond donors (Lipinski definition) is 2. The van der Waals surface area contributed by atoms with E-state index in [-0.39, 0.29) is 29.6 Å². The van der Waals surface area contributed by atoms with E-state index >= 15 is 0 Å². The van der Waals surface area contributed by atoms with Gasteiger partial charge in [-0.15, -0.1) is 0 Å². The molecule has 5 nitrogen and oxygen atoms in total. The van der Waals surface area contributed by atoms with E-state index in [1.54, 1.807) is 12.1 Å². The maximum atomic E-state index is 12.9. The van der Waals surface area contributed by atoms with Gasteiger partial charge in [-0.3, -0.25) is 9.59 Å². The second-order valence-corrected chi connectivity index (χ2v) is 6.59. The zero-order valence-electron chi connectivity index (χ0n) is 13.8. The third-order valence-corrected chi connectivity index (χ3v) is 4.92. The Hall–Kier alpha value is -1.95. The summed E-state index contributed by atoms with van der Waals surface area (Å²) in [6, 6.07) is 6.09. The maximum Gasteiger partial charge on any atom is 0.239 e. The van der Waals surface area contributed by atoms with E-state index in [0.717, 1.165) is 24.9 Å². The Morgan fingerprint density at radius 1 is 1.17 bits per heavy atom. The second-order valence-electron chi connectivity index (χ2n) is 6.59. The van der Waals surface area contributed by atoms with E-state index in [0.29, 0.717) is 32.5 Å². The fraction of sp³-hybridized carbons (Fsp3) is 0.556. The van der Waals surface area contributed by atoms with E-state index in [9.17, 15) is 14.0 Å². The zero-order valence-corrected chi connectivity index (χ0v) is 13.8. The van der Waals surface area contributed by atoms with Gasteiger partial charge in [0, 0.05) is 25.6 Å². The largest absolute Gasteiger partial charge is 0.352 e. The quantitative estimate of drug-likeness (QED) is 0.876. The van der Waals surface area contributed by atoms with Crippen molar-refractivity contribution in [1.82, 2.24) is 15.5 Å². The number of carbonyl (C=O) groups is 2. The van der Waals surface area contributed by atoms with E-state index in [1.807, 2.05) is 4.90 Å². The van der Waals surface area contributed by atoms with Gasteiger partial charge >= 0.3 is 0 Å². The number of amides is 2. The second kappa shape index (κ2) is 7.75. The topological polar surface area (TPSA) is 61.4 Å². The fourth-order valence-corrected chi connectivity index (χ4v) is 3.41. The molecule has 0 saturated carbocycles. The summed E-state index contributed by atoms with van der Waals surface area (Å²) < 4.78 is 12.9. The van der Waals surface area contributed by atoms with Crippen LogP contribution in [0.1, 0.15) is 31.2 Å². The standard InChI is InChI=1S/C18H24FN3O2/c19-15-5-3-13(4-6-15)12-21-17(23)14-7-10-22(11-8-14)18(24)16-2-1-9-20-16/h3-6,14,16,20H,1-2,7-12H2,(H,21,23). The molecule has 1 aromatic carbocycles. The number of nitrogens with one attached hydrogen (secondary N) is 2. The summed E-state index contributed by atoms with van der Waals surface area (Å²) in [5.74, 6) is -0.131. The number of nitrogens with zero attached hydrogens (tertiary/aromatic N) is 1. The average molecular weight is 333 g/mol. The number of benzene rings is 1. The molecule has 24 heavy (non-hydrogen) atoms. The Morgan fingerprint density at radius 3 is 2.50 bits per heavy atom. The van der Waals surface area contributed by atoms with Gasteiger partial charge in [0.2, 0.25) is 11.8 Å². The van der Waals surface area contributed by atoms with Crippen LogP contribution in [0.15, 0.2) is 24.3 Å². The molecule has 1 unspecified atom stereocenters. The van der Waals surface area contributed by atoms with Crippen molar-refractivity contribution >= 4 is 11.8 Å². The van der Waals surface area contributed by atoms with Gasteiger partial charge in [-0.25, -0.2) is 4.39 Å². The minimum absolute atomic E-state index is 0.0189. The van der Waals surface area contributed by atoms with Crippen LogP contribution in [-0.4, -0.2) is 42.4 Å². The first-order chi connectivity index (χ1) is 11.6. The summed E-state index contributed by atoms with van der Waals surface area (Å²) in [5.41, 5.74) is 0.879. The Balaban J connectivity index is 1.43. The molecule has 0 aromatic heterocycles. The van der Waals surface area contributed by atoms with Gasteiger partial charge in [-0.05, 0) is 49.9 Å². The van der Waals surface area contributed by atoms with Crippen LogP contribution in [0, 0.1) is 11.7 Å². The molecule has 2 aliphatic heterocycles. The van der Waals surface area contributed by atoms with Crippen molar-refractivity contribution in [3.05, 3.63) is 35.6 Å². The third kappa shape index (κ3) is 4.12. The van der Waals surface area contributed by atoms with Crippen LogP contribution in [0.3, 0.4) is 0 Å². The summed E-state index contributed by atoms with van der Waals surface area (Å²) in [6.07, 6.45) is 3.37. The van der Waals surface area contributed by atoms with Gasteiger partial charge in [0.05, 0.1) is 6.04 Å². The first-order valence-corrected chi connectivity index (χ1v) is 8.68. The lowest BCUT2D eigenvalue weighted by Gasteiger charge is -2.33. The highest BCUT2D eigenvalue weighted by Gasteiger charge is 2.31. The molecule has 0 bridgehead atoms. The van der Waals surface area contributed by atoms with Gasteiger partial charge in [-0.2, -0.15) is 0 Å². The summed E-state index contributed by atoms with van der Waals surface area (Å²) >= 11 is 0. The lowest BCUT2D eigenvalue weighted by atomic mass is 9.95. The molecule has 130 valence electrons. The first kappa shape index (κ1) is 16.9. The van der Waals surface area contributed by atoms with E-state index in [4.69, 9.17) is 0 Å². The molecule has 0 spiro atoms. The molecule has 2 saturated heterocycles. The van der Waals surface area contributed by atoms with E-state index < -0.39 is 0 Å². The number of likely N-dealkylation sites (tertiary alicyclic amines) is 1. The van der Waals surface area contributed by atoms with Crippen LogP contribution >= 0.6 is 0 Å². The molecule has 1 atom stereocenters. The summed E-state index contributed by atoms with van der Waals surface area (Å²) in [4.78, 5) is 26.5. The van der Waals surface area contributed by atoms with Crippen LogP contribution in [0.25, 0.3) is 0 Å². The minimum atomic E-state index is -0.279. The number of halogens is 1. The molecular weight excluding hydrogens is 309 g/mol. The molecule has 0 radical (unpaired) electrons. The molecule has 2 amide bonds. The molecular formula is C18H24FN3O2. The Bertz CT molecular complexity index is 576. The molecule has 0 aliphatic carbocycles. The lowest BCUT2D eigenvalue weighted by molar-refractivity contribution is -0.137. The monoisotopic (exact) mass is 333 g/mol. The van der Waals surface area contributed by atoms with E-state index in [1.165, 1.54) is 12.1 Å². The predicted octanol–water partition coefficient (Wildman–Crippen LogP) is 1.43. The highest BCUT2D eigenvalue weighted by molar-refractivity contribution is 5.83. The smallest absolute Gasteiger partial charge is 0.239 e. The van der Waals surface area contributed by atoms with Gasteiger partial charge < -0.3 is 15.5 Å². The average Bonchev–Trinajstić information content (AvgIpc) is 3.15. The van der Waals surface area contributed by atoms with Crippen molar-refractivity contribution in [1.29, 1.82) is 0 Å². The highest BCUT2D eigenvalue weighted by Crippen LogP contribution is 2.20. The normalized spacial score (nSPS) is 21.7. The van der Waals surface area contributed by atoms with Gasteiger partial charge in [0.15, 0.2) is 0 Å². The van der Waals surface area contributed by atoms with E-state index in [2.05, 4.69) is 10.6 Å². The van der Waals surface area contributed by atoms with Crippen molar-refractivity contribution in [2.45, 2.75) is 38.3 Å². The zero-order chi connectivity index (χ0) is 16.9. The van der Waals surface area contributed by atoms with Crippen molar-refractivity contribution in [3.63, 3.8) is 0 Å². The first-order valence-electron chi connectivity index (χ1n) is 8.68. The van der Waals surface area contributed by atoms with Crippen LogP contribution < -0.4 is 10.6 Å². The fourth-order valence-electron chi connectivity index (χ4n) is 3.41. The number of carbonyl (C=O) groups excluding carboxylic acids is 2. The molecule has 6 heteroatoms. The Kier molecular flexibility index (Phi) is 5.45. The van der Waals surface area contributed by atoms with Gasteiger partial charge in [0.25, 0.3) is 0 Å². The molecule has 1 aromatic rings. The number of rotatable bonds is 4. The minimum Gasteiger partial charge on any atom is -0.352 e. The molecule has 2 aliphatic rings. The number of piperidine rings is 1. The lowest BCUT2D eigenvalue weighted by Crippen LogP contribution is -2.48. The highest BCUT2D eigenvalue weighted by atomic mass is 19.1. The summed E-state index contributed by atoms with van der Waals surface area (Å²) in [5, 5.41) is 6.14. The van der Waals surface area contributed by atoms with Crippen molar-refractivity contribution in [2.24, 2.45) is 5.92 Å². The SMILES string of the molecule is O=C(NCc1ccc(F)cc1)C1CCN(C(=O)C2CCCN2)CC1. The van der Waals surface area contributed by atoms with Crippen molar-refractivity contribution in [3.8, 4) is 0 Å². The maximum absolute atomic E-state index is 12.9. The molecule has 2 N–H and O–H groups in total. The number of hydrogen-bond acceptors (Lipinski definition) is 3. The van der Waals surface area contributed by atoms with Crippen LogP contribution in [-0.2, 0) is 16.1 Å². The summed E-state index contributed by atoms with van der Waals surface area (Å²) in [7, 11) is 0. The molecule has 2 heterocycles. The third-order valence-electron chi connectivity index (χ3n) is 4.92. The molecule has 3 rings (SSSR count). The van der Waals surface area contributed by atoms with Crippen LogP contribution in [0.4, 0.5) is 4.39 Å². The van der Waals surface area contributed by atoms with Crippen LogP contribution in [0.5, 0.6) is 0 Å². The van der Waals surface area contributed by atoms with Crippen LogP contribution in [0.2, 0.25) is 0 Å². The summed E-state index contributed by atoms with van der Waals surface area (Å²) in [6.45, 7) is 2.61. The van der Waals surface area contributed by atoms with Gasteiger partial charge in [0.1, 0.15) is 5.82 Å². The Labute approximate surface area is 141 Å². The van der Waals surface area contributed by atoms with Gasteiger partial charge in [-0.1, -0.05) is 12.1 Å². The predicted molar refractivity (Wildman–Crippen MR) is 88.6 cm³/mol. The molecule has 2 fully saturated rings.